The second-order valence-corrected chi connectivity index (χ2v) is 8.76. The molecule has 0 bridgehead atoms. The number of aliphatic hydroxyl groups excluding tert-OH is 1. The fraction of sp³-hybridized carbons (Fsp3) is 0.696. The summed E-state index contributed by atoms with van der Waals surface area (Å²) < 4.78 is 0. The highest BCUT2D eigenvalue weighted by Gasteiger charge is 2.34. The first-order chi connectivity index (χ1) is 16.2. The molecule has 0 aromatic heterocycles. The van der Waals surface area contributed by atoms with E-state index in [1.807, 2.05) is 6.92 Å². The molecule has 0 rings (SSSR count). The van der Waals surface area contributed by atoms with Crippen molar-refractivity contribution in [3.8, 4) is 0 Å². The summed E-state index contributed by atoms with van der Waals surface area (Å²) in [4.78, 5) is 83.0. The van der Waals surface area contributed by atoms with Gasteiger partial charge in [0.2, 0.25) is 11.8 Å². The van der Waals surface area contributed by atoms with E-state index in [2.05, 4.69) is 10.6 Å². The van der Waals surface area contributed by atoms with Crippen LogP contribution < -0.4 is 10.6 Å². The van der Waals surface area contributed by atoms with Crippen LogP contribution in [-0.4, -0.2) is 75.1 Å². The summed E-state index contributed by atoms with van der Waals surface area (Å²) in [6, 6.07) is -2.67. The number of carboxylic acids is 2. The lowest BCUT2D eigenvalue weighted by atomic mass is 9.86. The molecular formula is C23H36N2O10. The van der Waals surface area contributed by atoms with Gasteiger partial charge in [-0.3, -0.25) is 24.0 Å². The molecule has 2 amide bonds. The summed E-state index contributed by atoms with van der Waals surface area (Å²) in [5.41, 5.74) is 0. The number of aliphatic carboxylic acids is 2. The molecule has 6 atom stereocenters. The van der Waals surface area contributed by atoms with Crippen molar-refractivity contribution in [3.63, 3.8) is 0 Å². The van der Waals surface area contributed by atoms with Crippen molar-refractivity contribution in [2.45, 2.75) is 84.4 Å². The topological polar surface area (TPSA) is 204 Å². The number of carbonyl (C=O) groups excluding carboxylic acids is 5. The van der Waals surface area contributed by atoms with Gasteiger partial charge in [0, 0.05) is 25.2 Å². The van der Waals surface area contributed by atoms with Gasteiger partial charge in [-0.2, -0.15) is 0 Å². The number of carboxylic acid groups (broad SMARTS) is 2. The molecule has 35 heavy (non-hydrogen) atoms. The summed E-state index contributed by atoms with van der Waals surface area (Å²) in [5.74, 6) is -7.37. The highest BCUT2D eigenvalue weighted by Crippen LogP contribution is 2.21. The van der Waals surface area contributed by atoms with Crippen molar-refractivity contribution in [1.82, 2.24) is 10.6 Å². The Bertz CT molecular complexity index is 795. The fourth-order valence-corrected chi connectivity index (χ4v) is 3.46. The molecule has 0 saturated heterocycles. The summed E-state index contributed by atoms with van der Waals surface area (Å²) >= 11 is 0. The van der Waals surface area contributed by atoms with Crippen molar-refractivity contribution >= 4 is 41.6 Å². The van der Waals surface area contributed by atoms with E-state index in [9.17, 15) is 38.7 Å². The van der Waals surface area contributed by atoms with E-state index in [0.29, 0.717) is 6.42 Å². The minimum Gasteiger partial charge on any atom is -0.481 e. The Kier molecular flexibility index (Phi) is 14.3. The first-order valence-corrected chi connectivity index (χ1v) is 11.4. The van der Waals surface area contributed by atoms with Crippen LogP contribution >= 0.6 is 0 Å². The van der Waals surface area contributed by atoms with Gasteiger partial charge in [-0.15, -0.1) is 0 Å². The predicted octanol–water partition coefficient (Wildman–Crippen LogP) is 0.0920. The van der Waals surface area contributed by atoms with Gasteiger partial charge in [0.25, 0.3) is 0 Å². The highest BCUT2D eigenvalue weighted by molar-refractivity contribution is 5.94. The molecule has 5 N–H and O–H groups in total. The van der Waals surface area contributed by atoms with Gasteiger partial charge in [-0.25, -0.2) is 0 Å². The Hall–Kier alpha value is -3.15. The molecule has 12 heteroatoms. The Morgan fingerprint density at radius 2 is 1.43 bits per heavy atom. The van der Waals surface area contributed by atoms with Gasteiger partial charge in [0.1, 0.15) is 12.1 Å². The van der Waals surface area contributed by atoms with Crippen molar-refractivity contribution < 1.29 is 48.9 Å². The van der Waals surface area contributed by atoms with Gasteiger partial charge in [0.05, 0.1) is 30.5 Å². The van der Waals surface area contributed by atoms with Crippen molar-refractivity contribution in [1.29, 1.82) is 0 Å². The summed E-state index contributed by atoms with van der Waals surface area (Å²) in [6.07, 6.45) is -2.68. The van der Waals surface area contributed by atoms with Gasteiger partial charge in [0.15, 0.2) is 5.78 Å². The Morgan fingerprint density at radius 3 is 1.86 bits per heavy atom. The molecule has 0 heterocycles. The zero-order valence-electron chi connectivity index (χ0n) is 20.5. The Balaban J connectivity index is 5.69. The van der Waals surface area contributed by atoms with E-state index in [1.165, 1.54) is 13.8 Å². The van der Waals surface area contributed by atoms with Crippen LogP contribution in [0.5, 0.6) is 0 Å². The smallest absolute Gasteiger partial charge is 0.305 e. The number of aldehydes is 1. The molecule has 0 aliphatic heterocycles. The van der Waals surface area contributed by atoms with Crippen LogP contribution in [0.4, 0.5) is 0 Å². The van der Waals surface area contributed by atoms with Crippen LogP contribution in [0.3, 0.4) is 0 Å². The quantitative estimate of drug-likeness (QED) is 0.160. The second-order valence-electron chi connectivity index (χ2n) is 8.76. The highest BCUT2D eigenvalue weighted by atomic mass is 16.4. The molecule has 12 nitrogen and oxygen atoms in total. The maximum Gasteiger partial charge on any atom is 0.305 e. The average Bonchev–Trinajstić information content (AvgIpc) is 2.76. The minimum absolute atomic E-state index is 0.0595. The van der Waals surface area contributed by atoms with Crippen molar-refractivity contribution in [3.05, 3.63) is 0 Å². The lowest BCUT2D eigenvalue weighted by Crippen LogP contribution is -2.48. The number of carbonyl (C=O) groups is 7. The molecule has 0 fully saturated rings. The molecule has 0 saturated carbocycles. The molecule has 198 valence electrons. The van der Waals surface area contributed by atoms with Gasteiger partial charge < -0.3 is 35.5 Å². The van der Waals surface area contributed by atoms with E-state index in [-0.39, 0.29) is 30.8 Å². The number of nitrogens with one attached hydrogen (secondary N) is 2. The average molecular weight is 501 g/mol. The number of hydrogen-bond donors (Lipinski definition) is 5. The van der Waals surface area contributed by atoms with Crippen molar-refractivity contribution in [2.75, 3.05) is 0 Å². The maximum absolute atomic E-state index is 13.0. The largest absolute Gasteiger partial charge is 0.481 e. The van der Waals surface area contributed by atoms with Crippen LogP contribution in [0.25, 0.3) is 0 Å². The molecule has 0 aliphatic rings. The molecular weight excluding hydrogens is 464 g/mol. The van der Waals surface area contributed by atoms with E-state index < -0.39 is 78.8 Å². The second kappa shape index (κ2) is 15.7. The van der Waals surface area contributed by atoms with Crippen LogP contribution in [0.1, 0.15) is 66.2 Å². The first kappa shape index (κ1) is 31.8. The number of aliphatic hydroxyl groups is 1. The summed E-state index contributed by atoms with van der Waals surface area (Å²) in [6.45, 7) is 6.16. The number of ketones is 2. The zero-order valence-corrected chi connectivity index (χ0v) is 20.5. The van der Waals surface area contributed by atoms with Gasteiger partial charge in [-0.05, 0) is 26.2 Å². The van der Waals surface area contributed by atoms with Crippen LogP contribution in [0, 0.1) is 17.8 Å². The normalized spacial score (nSPS) is 16.0. The number of amides is 2. The van der Waals surface area contributed by atoms with E-state index in [4.69, 9.17) is 10.2 Å². The third kappa shape index (κ3) is 12.2. The first-order valence-electron chi connectivity index (χ1n) is 11.4. The third-order valence-electron chi connectivity index (χ3n) is 5.75. The van der Waals surface area contributed by atoms with Gasteiger partial charge in [-0.1, -0.05) is 20.3 Å². The minimum atomic E-state index is -1.38. The van der Waals surface area contributed by atoms with Crippen LogP contribution in [0.15, 0.2) is 0 Å². The van der Waals surface area contributed by atoms with Crippen LogP contribution in [0.2, 0.25) is 0 Å². The monoisotopic (exact) mass is 500 g/mol. The van der Waals surface area contributed by atoms with E-state index in [1.54, 1.807) is 6.92 Å². The SMILES string of the molecule is CC[C@H](C)C(CC(C)=O)C(=O)N[C@@H](CCC(=O)O)C(=O)CC(C(=O)NC(C=O)CC(=O)O)C(C)O. The Labute approximate surface area is 203 Å². The molecule has 0 spiro atoms. The fourth-order valence-electron chi connectivity index (χ4n) is 3.46. The Morgan fingerprint density at radius 1 is 0.857 bits per heavy atom. The molecule has 4 unspecified atom stereocenters. The number of rotatable bonds is 18. The standard InChI is InChI=1S/C23H36N2O10/c1-5-12(2)16(8-13(3)27)22(34)25-18(6-7-20(30)31)19(29)10-17(14(4)28)23(35)24-15(11-26)9-21(32)33/h11-12,14-18,28H,5-10H2,1-4H3,(H,24,35)(H,25,34)(H,30,31)(H,32,33)/t12-,14?,15?,16?,17?,18-/m0/s1. The molecule has 0 radical (unpaired) electrons. The lowest BCUT2D eigenvalue weighted by molar-refractivity contribution is -0.141. The van der Waals surface area contributed by atoms with E-state index >= 15 is 0 Å². The predicted molar refractivity (Wildman–Crippen MR) is 122 cm³/mol. The summed E-state index contributed by atoms with van der Waals surface area (Å²) in [7, 11) is 0. The summed E-state index contributed by atoms with van der Waals surface area (Å²) in [5, 5.41) is 32.5. The zero-order chi connectivity index (χ0) is 27.3. The van der Waals surface area contributed by atoms with E-state index in [0.717, 1.165) is 0 Å². The molecule has 0 aromatic carbocycles. The molecule has 0 aromatic rings. The molecule has 0 aliphatic carbocycles. The van der Waals surface area contributed by atoms with Gasteiger partial charge >= 0.3 is 11.9 Å². The maximum atomic E-state index is 13.0. The number of Topliss-reactive ketones (excluding diaryl/α,β-unsaturated/α-hetero) is 2. The van der Waals surface area contributed by atoms with Crippen LogP contribution in [-0.2, 0) is 33.6 Å². The lowest BCUT2D eigenvalue weighted by Gasteiger charge is -2.26. The third-order valence-corrected chi connectivity index (χ3v) is 5.75. The number of hydrogen-bond acceptors (Lipinski definition) is 8. The van der Waals surface area contributed by atoms with Crippen molar-refractivity contribution in [2.24, 2.45) is 17.8 Å².